The zero-order valence-corrected chi connectivity index (χ0v) is 15.8. The standard InChI is InChI=1S/C19H17F4N5O/c1-11-24-17(26-28(11)14-7-5-13(20)6-8-14)18(29)25-15-10-12(19(21,22)23)4-9-16(15)27(2)3/h4-10H,1-3H3,(H,25,29). The lowest BCUT2D eigenvalue weighted by molar-refractivity contribution is -0.137. The van der Waals surface area contributed by atoms with Crippen molar-refractivity contribution in [2.45, 2.75) is 13.1 Å². The van der Waals surface area contributed by atoms with Gasteiger partial charge in [-0.15, -0.1) is 5.10 Å². The summed E-state index contributed by atoms with van der Waals surface area (Å²) < 4.78 is 53.6. The molecule has 0 saturated heterocycles. The number of halogens is 4. The third-order valence-electron chi connectivity index (χ3n) is 4.10. The van der Waals surface area contributed by atoms with Gasteiger partial charge in [0.1, 0.15) is 11.6 Å². The van der Waals surface area contributed by atoms with E-state index < -0.39 is 23.5 Å². The van der Waals surface area contributed by atoms with Crippen molar-refractivity contribution in [3.05, 3.63) is 65.5 Å². The Morgan fingerprint density at radius 1 is 1.10 bits per heavy atom. The van der Waals surface area contributed by atoms with E-state index in [-0.39, 0.29) is 11.5 Å². The van der Waals surface area contributed by atoms with E-state index >= 15 is 0 Å². The van der Waals surface area contributed by atoms with E-state index in [2.05, 4.69) is 15.4 Å². The number of nitrogens with zero attached hydrogens (tertiary/aromatic N) is 4. The molecule has 0 radical (unpaired) electrons. The highest BCUT2D eigenvalue weighted by molar-refractivity contribution is 6.03. The quantitative estimate of drug-likeness (QED) is 0.663. The molecule has 1 N–H and O–H groups in total. The lowest BCUT2D eigenvalue weighted by Gasteiger charge is -2.19. The minimum absolute atomic E-state index is 0.0226. The molecule has 152 valence electrons. The Hall–Kier alpha value is -3.43. The van der Waals surface area contributed by atoms with Crippen molar-refractivity contribution < 1.29 is 22.4 Å². The Morgan fingerprint density at radius 2 is 1.76 bits per heavy atom. The fourth-order valence-corrected chi connectivity index (χ4v) is 2.69. The van der Waals surface area contributed by atoms with Crippen LogP contribution in [0, 0.1) is 12.7 Å². The number of hydrogen-bond donors (Lipinski definition) is 1. The number of carbonyl (C=O) groups excluding carboxylic acids is 1. The van der Waals surface area contributed by atoms with Crippen LogP contribution in [0.2, 0.25) is 0 Å². The molecule has 0 fully saturated rings. The molecule has 10 heteroatoms. The van der Waals surface area contributed by atoms with Gasteiger partial charge in [0.05, 0.1) is 22.6 Å². The molecular weight excluding hydrogens is 390 g/mol. The number of amides is 1. The number of nitrogens with one attached hydrogen (secondary N) is 1. The molecule has 1 heterocycles. The Morgan fingerprint density at radius 3 is 2.34 bits per heavy atom. The maximum absolute atomic E-state index is 13.1. The van der Waals surface area contributed by atoms with Gasteiger partial charge in [0.25, 0.3) is 5.91 Å². The normalized spacial score (nSPS) is 11.4. The van der Waals surface area contributed by atoms with Gasteiger partial charge in [0.2, 0.25) is 5.82 Å². The SMILES string of the molecule is Cc1nc(C(=O)Nc2cc(C(F)(F)F)ccc2N(C)C)nn1-c1ccc(F)cc1. The van der Waals surface area contributed by atoms with Gasteiger partial charge in [0, 0.05) is 14.1 Å². The third kappa shape index (κ3) is 4.36. The average molecular weight is 407 g/mol. The van der Waals surface area contributed by atoms with Crippen LogP contribution in [-0.2, 0) is 6.18 Å². The number of aromatic nitrogens is 3. The third-order valence-corrected chi connectivity index (χ3v) is 4.10. The average Bonchev–Trinajstić information content (AvgIpc) is 3.03. The largest absolute Gasteiger partial charge is 0.416 e. The van der Waals surface area contributed by atoms with E-state index in [1.165, 1.54) is 35.0 Å². The number of alkyl halides is 3. The summed E-state index contributed by atoms with van der Waals surface area (Å²) in [4.78, 5) is 18.2. The van der Waals surface area contributed by atoms with Crippen LogP contribution in [0.15, 0.2) is 42.5 Å². The van der Waals surface area contributed by atoms with Gasteiger partial charge >= 0.3 is 6.18 Å². The Bertz CT molecular complexity index is 1040. The summed E-state index contributed by atoms with van der Waals surface area (Å²) in [6.07, 6.45) is -4.55. The fourth-order valence-electron chi connectivity index (χ4n) is 2.69. The van der Waals surface area contributed by atoms with Gasteiger partial charge < -0.3 is 10.2 Å². The molecule has 6 nitrogen and oxygen atoms in total. The van der Waals surface area contributed by atoms with Crippen LogP contribution in [0.5, 0.6) is 0 Å². The molecule has 1 amide bonds. The molecule has 0 aliphatic heterocycles. The first kappa shape index (κ1) is 20.3. The summed E-state index contributed by atoms with van der Waals surface area (Å²) in [5.74, 6) is -1.06. The molecule has 0 aliphatic rings. The summed E-state index contributed by atoms with van der Waals surface area (Å²) in [6, 6.07) is 8.48. The number of carbonyl (C=O) groups is 1. The van der Waals surface area contributed by atoms with E-state index in [0.717, 1.165) is 12.1 Å². The molecule has 0 saturated carbocycles. The van der Waals surface area contributed by atoms with E-state index in [4.69, 9.17) is 0 Å². The highest BCUT2D eigenvalue weighted by atomic mass is 19.4. The van der Waals surface area contributed by atoms with Gasteiger partial charge in [-0.25, -0.2) is 14.1 Å². The van der Waals surface area contributed by atoms with Gasteiger partial charge in [-0.2, -0.15) is 13.2 Å². The summed E-state index contributed by atoms with van der Waals surface area (Å²) >= 11 is 0. The molecule has 0 aliphatic carbocycles. The van der Waals surface area contributed by atoms with Crippen molar-refractivity contribution in [3.63, 3.8) is 0 Å². The van der Waals surface area contributed by atoms with E-state index in [1.807, 2.05) is 0 Å². The predicted molar refractivity (Wildman–Crippen MR) is 99.8 cm³/mol. The van der Waals surface area contributed by atoms with Gasteiger partial charge in [-0.05, 0) is 49.4 Å². The molecule has 0 spiro atoms. The molecule has 0 unspecified atom stereocenters. The number of anilines is 2. The van der Waals surface area contributed by atoms with Crippen LogP contribution >= 0.6 is 0 Å². The van der Waals surface area contributed by atoms with Crippen molar-refractivity contribution in [2.24, 2.45) is 0 Å². The smallest absolute Gasteiger partial charge is 0.376 e. The van der Waals surface area contributed by atoms with Crippen LogP contribution in [0.25, 0.3) is 5.69 Å². The second-order valence-electron chi connectivity index (χ2n) is 6.45. The first-order valence-corrected chi connectivity index (χ1v) is 8.46. The van der Waals surface area contributed by atoms with Crippen molar-refractivity contribution >= 4 is 17.3 Å². The molecule has 3 rings (SSSR count). The summed E-state index contributed by atoms with van der Waals surface area (Å²) in [7, 11) is 3.29. The Labute approximate surface area is 163 Å². The van der Waals surface area contributed by atoms with Gasteiger partial charge in [-0.1, -0.05) is 0 Å². The number of aryl methyl sites for hydroxylation is 1. The second-order valence-corrected chi connectivity index (χ2v) is 6.45. The first-order valence-electron chi connectivity index (χ1n) is 8.46. The van der Waals surface area contributed by atoms with E-state index in [9.17, 15) is 22.4 Å². The summed E-state index contributed by atoms with van der Waals surface area (Å²) in [5.41, 5.74) is -0.0328. The van der Waals surface area contributed by atoms with E-state index in [1.54, 1.807) is 25.9 Å². The highest BCUT2D eigenvalue weighted by Gasteiger charge is 2.31. The Balaban J connectivity index is 1.92. The predicted octanol–water partition coefficient (Wildman–Crippen LogP) is 4.05. The second kappa shape index (κ2) is 7.53. The minimum Gasteiger partial charge on any atom is -0.376 e. The van der Waals surface area contributed by atoms with Gasteiger partial charge in [-0.3, -0.25) is 4.79 Å². The highest BCUT2D eigenvalue weighted by Crippen LogP contribution is 2.35. The van der Waals surface area contributed by atoms with Crippen molar-refractivity contribution in [2.75, 3.05) is 24.3 Å². The zero-order valence-electron chi connectivity index (χ0n) is 15.8. The number of benzene rings is 2. The monoisotopic (exact) mass is 407 g/mol. The van der Waals surface area contributed by atoms with Crippen LogP contribution < -0.4 is 10.2 Å². The lowest BCUT2D eigenvalue weighted by Crippen LogP contribution is -2.19. The van der Waals surface area contributed by atoms with E-state index in [0.29, 0.717) is 17.2 Å². The maximum Gasteiger partial charge on any atom is 0.416 e. The van der Waals surface area contributed by atoms with Crippen LogP contribution in [0.4, 0.5) is 28.9 Å². The molecule has 3 aromatic rings. The van der Waals surface area contributed by atoms with Gasteiger partial charge in [0.15, 0.2) is 0 Å². The van der Waals surface area contributed by atoms with Crippen molar-refractivity contribution in [1.82, 2.24) is 14.8 Å². The minimum atomic E-state index is -4.55. The molecule has 1 aromatic heterocycles. The molecule has 0 bridgehead atoms. The van der Waals surface area contributed by atoms with Crippen molar-refractivity contribution in [3.8, 4) is 5.69 Å². The summed E-state index contributed by atoms with van der Waals surface area (Å²) in [6.45, 7) is 1.60. The zero-order chi connectivity index (χ0) is 21.3. The van der Waals surface area contributed by atoms with Crippen LogP contribution in [0.3, 0.4) is 0 Å². The lowest BCUT2D eigenvalue weighted by atomic mass is 10.1. The molecule has 29 heavy (non-hydrogen) atoms. The topological polar surface area (TPSA) is 63.1 Å². The van der Waals surface area contributed by atoms with Crippen molar-refractivity contribution in [1.29, 1.82) is 0 Å². The number of hydrogen-bond acceptors (Lipinski definition) is 4. The van der Waals surface area contributed by atoms with Crippen LogP contribution in [-0.4, -0.2) is 34.8 Å². The molecule has 0 atom stereocenters. The fraction of sp³-hybridized carbons (Fsp3) is 0.211. The van der Waals surface area contributed by atoms with Crippen LogP contribution in [0.1, 0.15) is 22.0 Å². The maximum atomic E-state index is 13.1. The molecule has 2 aromatic carbocycles. The summed E-state index contributed by atoms with van der Waals surface area (Å²) in [5, 5.41) is 6.53. The Kier molecular flexibility index (Phi) is 5.27. The number of rotatable bonds is 4. The molecular formula is C19H17F4N5O. The first-order chi connectivity index (χ1) is 13.6.